The number of rotatable bonds is 2. The Hall–Kier alpha value is -2.50. The highest BCUT2D eigenvalue weighted by Gasteiger charge is 2.32. The van der Waals surface area contributed by atoms with Gasteiger partial charge in [0.1, 0.15) is 17.2 Å². The molecular weight excluding hydrogens is 297 g/mol. The number of nitrogens with one attached hydrogen (secondary N) is 1. The van der Waals surface area contributed by atoms with E-state index in [1.807, 2.05) is 0 Å². The highest BCUT2D eigenvalue weighted by atomic mass is 19.1. The second-order valence-electron chi connectivity index (χ2n) is 6.73. The molecule has 6 heteroatoms. The number of anilines is 1. The normalized spacial score (nSPS) is 15.3. The van der Waals surface area contributed by atoms with Gasteiger partial charge in [0.25, 0.3) is 11.5 Å². The molecule has 1 aliphatic rings. The van der Waals surface area contributed by atoms with Crippen LogP contribution in [-0.2, 0) is 19.9 Å². The minimum Gasteiger partial charge on any atom is -0.315 e. The van der Waals surface area contributed by atoms with E-state index in [1.165, 1.54) is 12.1 Å². The summed E-state index contributed by atoms with van der Waals surface area (Å²) in [6, 6.07) is 4.23. The van der Waals surface area contributed by atoms with Gasteiger partial charge < -0.3 is 9.88 Å². The molecule has 0 radical (unpaired) electrons. The Morgan fingerprint density at radius 3 is 2.74 bits per heavy atom. The van der Waals surface area contributed by atoms with Crippen molar-refractivity contribution in [3.05, 3.63) is 57.4 Å². The standard InChI is InChI=1S/C17H18FN3O2/c1-17(2)7-10-6-12(16(23)21(3)13(10)8-17)15(22)20-14-5-4-11(18)9-19-14/h4-6,9H,7-8H2,1-3H3,(H,19,20,22). The molecule has 120 valence electrons. The third-order valence-electron chi connectivity index (χ3n) is 4.16. The summed E-state index contributed by atoms with van der Waals surface area (Å²) in [6.45, 7) is 4.28. The fraction of sp³-hybridized carbons (Fsp3) is 0.353. The minimum atomic E-state index is -0.530. The Kier molecular flexibility index (Phi) is 3.55. The van der Waals surface area contributed by atoms with Crippen molar-refractivity contribution in [3.8, 4) is 0 Å². The molecule has 2 aromatic rings. The SMILES string of the molecule is Cn1c2c(cc(C(=O)Nc3ccc(F)cn3)c1=O)CC(C)(C)C2. The lowest BCUT2D eigenvalue weighted by molar-refractivity contribution is 0.102. The average molecular weight is 315 g/mol. The van der Waals surface area contributed by atoms with Gasteiger partial charge in [-0.2, -0.15) is 0 Å². The molecule has 1 aliphatic carbocycles. The van der Waals surface area contributed by atoms with E-state index in [4.69, 9.17) is 0 Å². The summed E-state index contributed by atoms with van der Waals surface area (Å²) in [7, 11) is 1.69. The number of pyridine rings is 2. The number of hydrogen-bond acceptors (Lipinski definition) is 3. The topological polar surface area (TPSA) is 64.0 Å². The fourth-order valence-electron chi connectivity index (χ4n) is 3.05. The number of nitrogens with zero attached hydrogens (tertiary/aromatic N) is 2. The summed E-state index contributed by atoms with van der Waals surface area (Å²) in [6.07, 6.45) is 2.65. The minimum absolute atomic E-state index is 0.0788. The van der Waals surface area contributed by atoms with Gasteiger partial charge in [0.2, 0.25) is 0 Å². The molecule has 0 atom stereocenters. The number of amides is 1. The number of carbonyl (C=O) groups is 1. The third kappa shape index (κ3) is 2.88. The Morgan fingerprint density at radius 1 is 1.35 bits per heavy atom. The first kappa shape index (κ1) is 15.4. The van der Waals surface area contributed by atoms with E-state index in [9.17, 15) is 14.0 Å². The Labute approximate surface area is 133 Å². The molecule has 23 heavy (non-hydrogen) atoms. The molecule has 0 aromatic carbocycles. The molecular formula is C17H18FN3O2. The molecule has 1 amide bonds. The molecule has 0 spiro atoms. The zero-order chi connectivity index (χ0) is 16.8. The highest BCUT2D eigenvalue weighted by molar-refractivity contribution is 6.03. The second-order valence-corrected chi connectivity index (χ2v) is 6.73. The van der Waals surface area contributed by atoms with Crippen LogP contribution in [0.3, 0.4) is 0 Å². The van der Waals surface area contributed by atoms with Crippen LogP contribution in [0.5, 0.6) is 0 Å². The first-order valence-corrected chi connectivity index (χ1v) is 7.41. The number of hydrogen-bond donors (Lipinski definition) is 1. The summed E-state index contributed by atoms with van der Waals surface area (Å²) in [5, 5.41) is 2.54. The van der Waals surface area contributed by atoms with E-state index in [2.05, 4.69) is 24.1 Å². The fourth-order valence-corrected chi connectivity index (χ4v) is 3.05. The first-order valence-electron chi connectivity index (χ1n) is 7.41. The number of carbonyl (C=O) groups excluding carboxylic acids is 1. The molecule has 3 rings (SSSR count). The third-order valence-corrected chi connectivity index (χ3v) is 4.16. The lowest BCUT2D eigenvalue weighted by Gasteiger charge is -2.14. The molecule has 2 aromatic heterocycles. The van der Waals surface area contributed by atoms with Crippen LogP contribution in [0.4, 0.5) is 10.2 Å². The summed E-state index contributed by atoms with van der Waals surface area (Å²) in [5.41, 5.74) is 1.84. The van der Waals surface area contributed by atoms with Gasteiger partial charge in [-0.15, -0.1) is 0 Å². The van der Waals surface area contributed by atoms with E-state index in [0.29, 0.717) is 0 Å². The van der Waals surface area contributed by atoms with Crippen LogP contribution in [0.2, 0.25) is 0 Å². The van der Waals surface area contributed by atoms with Crippen LogP contribution in [0.1, 0.15) is 35.5 Å². The van der Waals surface area contributed by atoms with Gasteiger partial charge in [0.05, 0.1) is 6.20 Å². The molecule has 0 saturated carbocycles. The van der Waals surface area contributed by atoms with E-state index in [0.717, 1.165) is 30.3 Å². The van der Waals surface area contributed by atoms with Crippen LogP contribution in [0.15, 0.2) is 29.2 Å². The van der Waals surface area contributed by atoms with E-state index < -0.39 is 11.7 Å². The van der Waals surface area contributed by atoms with Crippen molar-refractivity contribution >= 4 is 11.7 Å². The largest absolute Gasteiger partial charge is 0.315 e. The van der Waals surface area contributed by atoms with E-state index >= 15 is 0 Å². The van der Waals surface area contributed by atoms with Crippen molar-refractivity contribution in [1.82, 2.24) is 9.55 Å². The number of aromatic nitrogens is 2. The maximum Gasteiger partial charge on any atom is 0.263 e. The van der Waals surface area contributed by atoms with Crippen molar-refractivity contribution in [2.75, 3.05) is 5.32 Å². The summed E-state index contributed by atoms with van der Waals surface area (Å²) >= 11 is 0. The smallest absolute Gasteiger partial charge is 0.263 e. The van der Waals surface area contributed by atoms with Gasteiger partial charge >= 0.3 is 0 Å². The van der Waals surface area contributed by atoms with Crippen molar-refractivity contribution in [1.29, 1.82) is 0 Å². The maximum atomic E-state index is 12.9. The molecule has 1 N–H and O–H groups in total. The molecule has 0 bridgehead atoms. The van der Waals surface area contributed by atoms with Crippen LogP contribution in [0, 0.1) is 11.2 Å². The molecule has 0 fully saturated rings. The van der Waals surface area contributed by atoms with Crippen LogP contribution in [0.25, 0.3) is 0 Å². The van der Waals surface area contributed by atoms with Crippen molar-refractivity contribution in [2.24, 2.45) is 12.5 Å². The molecule has 2 heterocycles. The van der Waals surface area contributed by atoms with Crippen molar-refractivity contribution < 1.29 is 9.18 Å². The molecule has 5 nitrogen and oxygen atoms in total. The Bertz CT molecular complexity index is 838. The monoisotopic (exact) mass is 315 g/mol. The summed E-state index contributed by atoms with van der Waals surface area (Å²) in [5.74, 6) is -0.810. The molecule has 0 aliphatic heterocycles. The van der Waals surface area contributed by atoms with Gasteiger partial charge in [0, 0.05) is 12.7 Å². The Balaban J connectivity index is 1.95. The van der Waals surface area contributed by atoms with Gasteiger partial charge in [-0.1, -0.05) is 13.8 Å². The molecule has 0 unspecified atom stereocenters. The van der Waals surface area contributed by atoms with Crippen LogP contribution >= 0.6 is 0 Å². The van der Waals surface area contributed by atoms with Gasteiger partial charge in [-0.25, -0.2) is 9.37 Å². The first-order chi connectivity index (χ1) is 10.8. The van der Waals surface area contributed by atoms with Gasteiger partial charge in [0.15, 0.2) is 0 Å². The van der Waals surface area contributed by atoms with Gasteiger partial charge in [-0.3, -0.25) is 9.59 Å². The predicted octanol–water partition coefficient (Wildman–Crippen LogP) is 2.30. The summed E-state index contributed by atoms with van der Waals surface area (Å²) in [4.78, 5) is 28.6. The highest BCUT2D eigenvalue weighted by Crippen LogP contribution is 2.35. The van der Waals surface area contributed by atoms with Gasteiger partial charge in [-0.05, 0) is 42.0 Å². The Morgan fingerprint density at radius 2 is 2.09 bits per heavy atom. The maximum absolute atomic E-state index is 12.9. The summed E-state index contributed by atoms with van der Waals surface area (Å²) < 4.78 is 14.4. The van der Waals surface area contributed by atoms with E-state index in [-0.39, 0.29) is 22.4 Å². The average Bonchev–Trinajstić information content (AvgIpc) is 2.80. The van der Waals surface area contributed by atoms with Crippen LogP contribution < -0.4 is 10.9 Å². The number of halogens is 1. The number of fused-ring (bicyclic) bond motifs is 1. The van der Waals surface area contributed by atoms with Crippen LogP contribution in [-0.4, -0.2) is 15.5 Å². The quantitative estimate of drug-likeness (QED) is 0.925. The predicted molar refractivity (Wildman–Crippen MR) is 85.0 cm³/mol. The lowest BCUT2D eigenvalue weighted by Crippen LogP contribution is -2.30. The zero-order valence-corrected chi connectivity index (χ0v) is 13.3. The molecule has 0 saturated heterocycles. The zero-order valence-electron chi connectivity index (χ0n) is 13.3. The van der Waals surface area contributed by atoms with Crippen molar-refractivity contribution in [2.45, 2.75) is 26.7 Å². The van der Waals surface area contributed by atoms with E-state index in [1.54, 1.807) is 17.7 Å². The van der Waals surface area contributed by atoms with Crippen molar-refractivity contribution in [3.63, 3.8) is 0 Å². The second kappa shape index (κ2) is 5.30. The lowest BCUT2D eigenvalue weighted by atomic mass is 9.90.